The summed E-state index contributed by atoms with van der Waals surface area (Å²) in [5.41, 5.74) is 3.77. The van der Waals surface area contributed by atoms with Crippen LogP contribution in [0.4, 0.5) is 0 Å². The van der Waals surface area contributed by atoms with Gasteiger partial charge in [0.15, 0.2) is 5.82 Å². The molecule has 1 aliphatic rings. The molecule has 3 aromatic heterocycles. The molecule has 4 rings (SSSR count). The molecule has 1 aliphatic heterocycles. The molecule has 3 aromatic rings. The third-order valence-corrected chi connectivity index (χ3v) is 4.99. The summed E-state index contributed by atoms with van der Waals surface area (Å²) in [6.45, 7) is 7.72. The predicted molar refractivity (Wildman–Crippen MR) is 97.3 cm³/mol. The van der Waals surface area contributed by atoms with E-state index in [1.54, 1.807) is 6.20 Å². The number of rotatable bonds is 4. The number of hydrogen-bond donors (Lipinski definition) is 1. The minimum Gasteiger partial charge on any atom is -0.361 e. The summed E-state index contributed by atoms with van der Waals surface area (Å²) in [6.07, 6.45) is 7.19. The Bertz CT molecular complexity index is 866. The van der Waals surface area contributed by atoms with Crippen LogP contribution >= 0.6 is 0 Å². The molecule has 0 aromatic carbocycles. The average Bonchev–Trinajstić information content (AvgIpc) is 3.24. The molecule has 0 unspecified atom stereocenters. The molecule has 0 aliphatic carbocycles. The van der Waals surface area contributed by atoms with Gasteiger partial charge in [-0.1, -0.05) is 11.6 Å². The highest BCUT2D eigenvalue weighted by Crippen LogP contribution is 2.33. The van der Waals surface area contributed by atoms with Crippen molar-refractivity contribution >= 4 is 0 Å². The maximum atomic E-state index is 5.31. The van der Waals surface area contributed by atoms with Crippen molar-refractivity contribution in [1.82, 2.24) is 30.0 Å². The Balaban J connectivity index is 1.69. The van der Waals surface area contributed by atoms with Crippen molar-refractivity contribution in [3.63, 3.8) is 0 Å². The van der Waals surface area contributed by atoms with Crippen molar-refractivity contribution in [2.75, 3.05) is 6.54 Å². The molecule has 0 bridgehead atoms. The molecule has 7 heteroatoms. The number of H-pyrrole nitrogens is 1. The van der Waals surface area contributed by atoms with E-state index in [2.05, 4.69) is 31.1 Å². The van der Waals surface area contributed by atoms with Crippen LogP contribution in [0.25, 0.3) is 11.4 Å². The number of likely N-dealkylation sites (tertiary alicyclic amines) is 1. The van der Waals surface area contributed by atoms with E-state index in [1.165, 1.54) is 12.8 Å². The van der Waals surface area contributed by atoms with E-state index in [4.69, 9.17) is 9.51 Å². The van der Waals surface area contributed by atoms with E-state index < -0.39 is 0 Å². The first-order valence-corrected chi connectivity index (χ1v) is 9.13. The zero-order valence-electron chi connectivity index (χ0n) is 15.5. The van der Waals surface area contributed by atoms with Gasteiger partial charge < -0.3 is 9.51 Å². The zero-order valence-corrected chi connectivity index (χ0v) is 15.5. The van der Waals surface area contributed by atoms with Crippen LogP contribution < -0.4 is 0 Å². The molecule has 0 saturated carbocycles. The van der Waals surface area contributed by atoms with Gasteiger partial charge in [0.05, 0.1) is 29.5 Å². The summed E-state index contributed by atoms with van der Waals surface area (Å²) in [6, 6.07) is 2.38. The van der Waals surface area contributed by atoms with Crippen LogP contribution in [0, 0.1) is 20.8 Å². The second-order valence-electron chi connectivity index (χ2n) is 6.97. The SMILES string of the molecule is Cc1cc([C@H]2CCCCN2Cc2ncc[nH]2)nc(-c2c(C)noc2C)n1. The van der Waals surface area contributed by atoms with E-state index in [0.29, 0.717) is 5.82 Å². The number of aromatic amines is 1. The van der Waals surface area contributed by atoms with E-state index in [0.717, 1.165) is 53.7 Å². The predicted octanol–water partition coefficient (Wildman–Crippen LogP) is 3.51. The van der Waals surface area contributed by atoms with Gasteiger partial charge in [-0.15, -0.1) is 0 Å². The topological polar surface area (TPSA) is 83.7 Å². The summed E-state index contributed by atoms with van der Waals surface area (Å²) < 4.78 is 5.31. The normalized spacial score (nSPS) is 18.3. The van der Waals surface area contributed by atoms with Crippen LogP contribution in [0.5, 0.6) is 0 Å². The number of piperidine rings is 1. The van der Waals surface area contributed by atoms with E-state index in [1.807, 2.05) is 27.0 Å². The Labute approximate surface area is 152 Å². The summed E-state index contributed by atoms with van der Waals surface area (Å²) in [5, 5.41) is 4.05. The van der Waals surface area contributed by atoms with Gasteiger partial charge in [-0.2, -0.15) is 0 Å². The molecule has 1 N–H and O–H groups in total. The fraction of sp³-hybridized carbons (Fsp3) is 0.474. The van der Waals surface area contributed by atoms with Gasteiger partial charge >= 0.3 is 0 Å². The molecule has 1 saturated heterocycles. The first-order chi connectivity index (χ1) is 12.6. The number of imidazole rings is 1. The lowest BCUT2D eigenvalue weighted by molar-refractivity contribution is 0.134. The van der Waals surface area contributed by atoms with Crippen LogP contribution in [0.2, 0.25) is 0 Å². The van der Waals surface area contributed by atoms with Crippen LogP contribution in [-0.2, 0) is 6.54 Å². The van der Waals surface area contributed by atoms with Gasteiger partial charge in [0, 0.05) is 18.1 Å². The van der Waals surface area contributed by atoms with Gasteiger partial charge in [-0.05, 0) is 46.2 Å². The van der Waals surface area contributed by atoms with E-state index in [-0.39, 0.29) is 6.04 Å². The smallest absolute Gasteiger partial charge is 0.165 e. The monoisotopic (exact) mass is 352 g/mol. The largest absolute Gasteiger partial charge is 0.361 e. The van der Waals surface area contributed by atoms with Gasteiger partial charge in [-0.25, -0.2) is 15.0 Å². The van der Waals surface area contributed by atoms with E-state index >= 15 is 0 Å². The molecule has 1 atom stereocenters. The summed E-state index contributed by atoms with van der Waals surface area (Å²) >= 11 is 0. The Morgan fingerprint density at radius 3 is 2.85 bits per heavy atom. The summed E-state index contributed by atoms with van der Waals surface area (Å²) in [4.78, 5) is 19.6. The summed E-state index contributed by atoms with van der Waals surface area (Å²) in [5.74, 6) is 2.46. The molecule has 0 spiro atoms. The molecule has 7 nitrogen and oxygen atoms in total. The molecule has 4 heterocycles. The number of nitrogens with one attached hydrogen (secondary N) is 1. The molecular weight excluding hydrogens is 328 g/mol. The van der Waals surface area contributed by atoms with Crippen molar-refractivity contribution in [3.05, 3.63) is 47.1 Å². The van der Waals surface area contributed by atoms with Crippen LogP contribution in [-0.4, -0.2) is 36.5 Å². The highest BCUT2D eigenvalue weighted by atomic mass is 16.5. The van der Waals surface area contributed by atoms with Gasteiger partial charge in [0.25, 0.3) is 0 Å². The first-order valence-electron chi connectivity index (χ1n) is 9.13. The van der Waals surface area contributed by atoms with Crippen molar-refractivity contribution in [2.24, 2.45) is 0 Å². The fourth-order valence-corrected chi connectivity index (χ4v) is 3.77. The maximum Gasteiger partial charge on any atom is 0.165 e. The molecular formula is C19H24N6O. The highest BCUT2D eigenvalue weighted by molar-refractivity contribution is 5.60. The lowest BCUT2D eigenvalue weighted by Gasteiger charge is -2.35. The van der Waals surface area contributed by atoms with Gasteiger partial charge in [-0.3, -0.25) is 4.90 Å². The Morgan fingerprint density at radius 2 is 2.12 bits per heavy atom. The molecule has 0 radical (unpaired) electrons. The summed E-state index contributed by atoms with van der Waals surface area (Å²) in [7, 11) is 0. The van der Waals surface area contributed by atoms with Gasteiger partial charge in [0.2, 0.25) is 0 Å². The second-order valence-corrected chi connectivity index (χ2v) is 6.97. The van der Waals surface area contributed by atoms with Crippen molar-refractivity contribution in [2.45, 2.75) is 52.6 Å². The van der Waals surface area contributed by atoms with E-state index in [9.17, 15) is 0 Å². The van der Waals surface area contributed by atoms with Crippen LogP contribution in [0.1, 0.15) is 54.0 Å². The van der Waals surface area contributed by atoms with Crippen molar-refractivity contribution < 1.29 is 4.52 Å². The molecule has 0 amide bonds. The maximum absolute atomic E-state index is 5.31. The molecule has 136 valence electrons. The number of hydrogen-bond acceptors (Lipinski definition) is 6. The Hall–Kier alpha value is -2.54. The number of aryl methyl sites for hydroxylation is 3. The minimum atomic E-state index is 0.273. The lowest BCUT2D eigenvalue weighted by Crippen LogP contribution is -2.34. The standard InChI is InChI=1S/C19H24N6O/c1-12-10-15(23-19(22-12)18-13(2)24-26-14(18)3)16-6-4-5-9-25(16)11-17-20-7-8-21-17/h7-8,10,16H,4-6,9,11H2,1-3H3,(H,20,21)/t16-/m1/s1. The van der Waals surface area contributed by atoms with Crippen molar-refractivity contribution in [1.29, 1.82) is 0 Å². The second kappa shape index (κ2) is 6.99. The molecule has 1 fully saturated rings. The number of nitrogens with zero attached hydrogens (tertiary/aromatic N) is 5. The Morgan fingerprint density at radius 1 is 1.23 bits per heavy atom. The van der Waals surface area contributed by atoms with Crippen LogP contribution in [0.3, 0.4) is 0 Å². The van der Waals surface area contributed by atoms with Gasteiger partial charge in [0.1, 0.15) is 11.6 Å². The first kappa shape index (κ1) is 16.9. The third kappa shape index (κ3) is 3.26. The quantitative estimate of drug-likeness (QED) is 0.773. The highest BCUT2D eigenvalue weighted by Gasteiger charge is 2.27. The fourth-order valence-electron chi connectivity index (χ4n) is 3.77. The lowest BCUT2D eigenvalue weighted by atomic mass is 9.98. The minimum absolute atomic E-state index is 0.273. The molecule has 26 heavy (non-hydrogen) atoms. The number of aromatic nitrogens is 5. The van der Waals surface area contributed by atoms with Crippen molar-refractivity contribution in [3.8, 4) is 11.4 Å². The zero-order chi connectivity index (χ0) is 18.1. The van der Waals surface area contributed by atoms with Crippen LogP contribution in [0.15, 0.2) is 23.0 Å². The third-order valence-electron chi connectivity index (χ3n) is 4.99. The average molecular weight is 352 g/mol. The Kier molecular flexibility index (Phi) is 4.55.